The SMILES string of the molecule is CCCCN1C(=O)[C@H]2[C@@H](C1=O)[C@]1(N[C@@H]2C)C(=O)Nc2c(C)cccc21. The van der Waals surface area contributed by atoms with Crippen LogP contribution in [0.1, 0.15) is 37.8 Å². The highest BCUT2D eigenvalue weighted by molar-refractivity contribution is 6.15. The van der Waals surface area contributed by atoms with E-state index in [1.165, 1.54) is 4.90 Å². The number of hydrogen-bond acceptors (Lipinski definition) is 4. The van der Waals surface area contributed by atoms with Crippen molar-refractivity contribution in [3.8, 4) is 0 Å². The standard InChI is InChI=1S/C19H23N3O3/c1-4-5-9-22-16(23)13-11(3)21-19(14(13)17(22)24)12-8-6-7-10(2)15(12)20-18(19)25/h6-8,11,13-14,21H,4-5,9H2,1-3H3,(H,20,25)/t11-,13-,14+,19+/m1/s1. The molecule has 3 amide bonds. The second-order valence-corrected chi connectivity index (χ2v) is 7.38. The predicted octanol–water partition coefficient (Wildman–Crippen LogP) is 1.54. The lowest BCUT2D eigenvalue weighted by Gasteiger charge is -2.29. The number of amides is 3. The molecule has 132 valence electrons. The Morgan fingerprint density at radius 1 is 1.20 bits per heavy atom. The molecule has 0 unspecified atom stereocenters. The monoisotopic (exact) mass is 341 g/mol. The minimum atomic E-state index is -1.14. The normalized spacial score (nSPS) is 33.2. The predicted molar refractivity (Wildman–Crippen MR) is 92.7 cm³/mol. The van der Waals surface area contributed by atoms with Gasteiger partial charge in [-0.1, -0.05) is 31.5 Å². The van der Waals surface area contributed by atoms with Gasteiger partial charge in [0.25, 0.3) is 0 Å². The molecule has 6 heteroatoms. The summed E-state index contributed by atoms with van der Waals surface area (Å²) in [6.07, 6.45) is 1.70. The van der Waals surface area contributed by atoms with E-state index in [1.807, 2.05) is 39.0 Å². The molecule has 0 radical (unpaired) electrons. The topological polar surface area (TPSA) is 78.5 Å². The molecule has 0 aromatic heterocycles. The number of benzene rings is 1. The van der Waals surface area contributed by atoms with Crippen LogP contribution < -0.4 is 10.6 Å². The van der Waals surface area contributed by atoms with Crippen LogP contribution in [-0.2, 0) is 19.9 Å². The van der Waals surface area contributed by atoms with Gasteiger partial charge in [0.1, 0.15) is 5.54 Å². The molecule has 6 nitrogen and oxygen atoms in total. The molecule has 3 heterocycles. The molecular formula is C19H23N3O3. The number of para-hydroxylation sites is 1. The molecule has 1 aromatic rings. The van der Waals surface area contributed by atoms with Gasteiger partial charge in [0.2, 0.25) is 17.7 Å². The number of imide groups is 1. The zero-order valence-corrected chi connectivity index (χ0v) is 14.8. The summed E-state index contributed by atoms with van der Waals surface area (Å²) < 4.78 is 0. The van der Waals surface area contributed by atoms with Crippen LogP contribution in [0.3, 0.4) is 0 Å². The first kappa shape index (κ1) is 16.3. The van der Waals surface area contributed by atoms with Crippen LogP contribution in [0.4, 0.5) is 5.69 Å². The van der Waals surface area contributed by atoms with Crippen molar-refractivity contribution in [2.75, 3.05) is 11.9 Å². The summed E-state index contributed by atoms with van der Waals surface area (Å²) in [5, 5.41) is 6.26. The largest absolute Gasteiger partial charge is 0.324 e. The molecule has 25 heavy (non-hydrogen) atoms. The fourth-order valence-electron chi connectivity index (χ4n) is 4.73. The first-order valence-corrected chi connectivity index (χ1v) is 8.98. The molecule has 4 atom stereocenters. The van der Waals surface area contributed by atoms with Crippen molar-refractivity contribution in [1.29, 1.82) is 0 Å². The van der Waals surface area contributed by atoms with Gasteiger partial charge in [-0.05, 0) is 25.8 Å². The average Bonchev–Trinajstić information content (AvgIpc) is 3.13. The fourth-order valence-corrected chi connectivity index (χ4v) is 4.73. The van der Waals surface area contributed by atoms with Crippen LogP contribution in [-0.4, -0.2) is 35.2 Å². The first-order valence-electron chi connectivity index (χ1n) is 8.98. The third kappa shape index (κ3) is 1.91. The summed E-state index contributed by atoms with van der Waals surface area (Å²) in [5.41, 5.74) is 1.37. The zero-order valence-electron chi connectivity index (χ0n) is 14.8. The Hall–Kier alpha value is -2.21. The lowest BCUT2D eigenvalue weighted by atomic mass is 9.76. The van der Waals surface area contributed by atoms with E-state index in [0.717, 1.165) is 29.7 Å². The van der Waals surface area contributed by atoms with E-state index in [4.69, 9.17) is 0 Å². The number of nitrogens with zero attached hydrogens (tertiary/aromatic N) is 1. The zero-order chi connectivity index (χ0) is 17.9. The second-order valence-electron chi connectivity index (χ2n) is 7.38. The minimum Gasteiger partial charge on any atom is -0.324 e. The van der Waals surface area contributed by atoms with Crippen molar-refractivity contribution in [3.05, 3.63) is 29.3 Å². The third-order valence-electron chi connectivity index (χ3n) is 5.93. The molecule has 3 aliphatic heterocycles. The highest BCUT2D eigenvalue weighted by atomic mass is 16.2. The number of nitrogens with one attached hydrogen (secondary N) is 2. The van der Waals surface area contributed by atoms with Crippen molar-refractivity contribution >= 4 is 23.4 Å². The van der Waals surface area contributed by atoms with Gasteiger partial charge >= 0.3 is 0 Å². The van der Waals surface area contributed by atoms with E-state index in [9.17, 15) is 14.4 Å². The van der Waals surface area contributed by atoms with Crippen LogP contribution in [0.5, 0.6) is 0 Å². The van der Waals surface area contributed by atoms with E-state index < -0.39 is 17.4 Å². The molecule has 2 saturated heterocycles. The van der Waals surface area contributed by atoms with Gasteiger partial charge in [0.15, 0.2) is 0 Å². The highest BCUT2D eigenvalue weighted by Gasteiger charge is 2.69. The van der Waals surface area contributed by atoms with Crippen molar-refractivity contribution in [1.82, 2.24) is 10.2 Å². The third-order valence-corrected chi connectivity index (χ3v) is 5.93. The Morgan fingerprint density at radius 3 is 2.68 bits per heavy atom. The summed E-state index contributed by atoms with van der Waals surface area (Å²) >= 11 is 0. The molecule has 2 N–H and O–H groups in total. The number of aryl methyl sites for hydroxylation is 1. The molecule has 0 bridgehead atoms. The average molecular weight is 341 g/mol. The number of rotatable bonds is 3. The van der Waals surface area contributed by atoms with E-state index in [0.29, 0.717) is 6.54 Å². The van der Waals surface area contributed by atoms with Gasteiger partial charge in [-0.15, -0.1) is 0 Å². The van der Waals surface area contributed by atoms with Gasteiger partial charge in [-0.2, -0.15) is 0 Å². The van der Waals surface area contributed by atoms with Gasteiger partial charge in [-0.3, -0.25) is 24.6 Å². The Bertz CT molecular complexity index is 790. The van der Waals surface area contributed by atoms with Crippen LogP contribution in [0.25, 0.3) is 0 Å². The van der Waals surface area contributed by atoms with Gasteiger partial charge in [-0.25, -0.2) is 0 Å². The number of anilines is 1. The van der Waals surface area contributed by atoms with E-state index in [1.54, 1.807) is 0 Å². The lowest BCUT2D eigenvalue weighted by Crippen LogP contribution is -2.52. The second kappa shape index (κ2) is 5.39. The van der Waals surface area contributed by atoms with Crippen LogP contribution in [0.15, 0.2) is 18.2 Å². The summed E-state index contributed by atoms with van der Waals surface area (Å²) in [4.78, 5) is 40.4. The van der Waals surface area contributed by atoms with Gasteiger partial charge in [0, 0.05) is 23.8 Å². The van der Waals surface area contributed by atoms with Crippen molar-refractivity contribution < 1.29 is 14.4 Å². The van der Waals surface area contributed by atoms with Crippen molar-refractivity contribution in [2.45, 2.75) is 45.2 Å². The maximum atomic E-state index is 13.1. The highest BCUT2D eigenvalue weighted by Crippen LogP contribution is 2.53. The molecule has 0 saturated carbocycles. The lowest BCUT2D eigenvalue weighted by molar-refractivity contribution is -0.142. The summed E-state index contributed by atoms with van der Waals surface area (Å²) in [7, 11) is 0. The molecule has 1 spiro atoms. The molecular weight excluding hydrogens is 318 g/mol. The summed E-state index contributed by atoms with van der Waals surface area (Å²) in [6, 6.07) is 5.48. The molecule has 0 aliphatic carbocycles. The maximum absolute atomic E-state index is 13.1. The van der Waals surface area contributed by atoms with Gasteiger partial charge in [0.05, 0.1) is 11.8 Å². The van der Waals surface area contributed by atoms with Crippen LogP contribution in [0, 0.1) is 18.8 Å². The number of unbranched alkanes of at least 4 members (excludes halogenated alkanes) is 1. The molecule has 3 aliphatic rings. The first-order chi connectivity index (χ1) is 11.9. The molecule has 1 aromatic carbocycles. The van der Waals surface area contributed by atoms with Gasteiger partial charge < -0.3 is 5.32 Å². The number of hydrogen-bond donors (Lipinski definition) is 2. The number of carbonyl (C=O) groups is 3. The summed E-state index contributed by atoms with van der Waals surface area (Å²) in [5.74, 6) is -1.75. The number of carbonyl (C=O) groups excluding carboxylic acids is 3. The number of likely N-dealkylation sites (tertiary alicyclic amines) is 1. The Morgan fingerprint density at radius 2 is 1.96 bits per heavy atom. The van der Waals surface area contributed by atoms with Crippen LogP contribution in [0.2, 0.25) is 0 Å². The van der Waals surface area contributed by atoms with Crippen LogP contribution >= 0.6 is 0 Å². The molecule has 2 fully saturated rings. The van der Waals surface area contributed by atoms with E-state index in [2.05, 4.69) is 10.6 Å². The molecule has 4 rings (SSSR count). The Balaban J connectivity index is 1.84. The van der Waals surface area contributed by atoms with E-state index >= 15 is 0 Å². The summed E-state index contributed by atoms with van der Waals surface area (Å²) in [6.45, 7) is 6.29. The fraction of sp³-hybridized carbons (Fsp3) is 0.526. The van der Waals surface area contributed by atoms with Crippen molar-refractivity contribution in [2.24, 2.45) is 11.8 Å². The van der Waals surface area contributed by atoms with E-state index in [-0.39, 0.29) is 23.8 Å². The quantitative estimate of drug-likeness (QED) is 0.818. The van der Waals surface area contributed by atoms with Crippen molar-refractivity contribution in [3.63, 3.8) is 0 Å². The smallest absolute Gasteiger partial charge is 0.250 e. The Kier molecular flexibility index (Phi) is 3.51. The minimum absolute atomic E-state index is 0.144. The maximum Gasteiger partial charge on any atom is 0.250 e. The Labute approximate surface area is 147 Å². The number of fused-ring (bicyclic) bond motifs is 4.